The number of benzene rings is 1. The molecule has 1 aromatic heterocycles. The Labute approximate surface area is 137 Å². The van der Waals surface area contributed by atoms with Crippen LogP contribution in [-0.4, -0.2) is 34.3 Å². The molecule has 0 radical (unpaired) electrons. The van der Waals surface area contributed by atoms with Crippen LogP contribution in [0.15, 0.2) is 47.3 Å². The van der Waals surface area contributed by atoms with Crippen LogP contribution in [0.25, 0.3) is 0 Å². The number of aromatic nitrogens is 2. The molecule has 1 saturated heterocycles. The van der Waals surface area contributed by atoms with Gasteiger partial charge in [-0.05, 0) is 50.9 Å². The lowest BCUT2D eigenvalue weighted by molar-refractivity contribution is 0.215. The van der Waals surface area contributed by atoms with Crippen molar-refractivity contribution in [1.82, 2.24) is 14.7 Å². The summed E-state index contributed by atoms with van der Waals surface area (Å²) in [4.78, 5) is 14.8. The van der Waals surface area contributed by atoms with E-state index in [0.717, 1.165) is 24.2 Å². The number of rotatable bonds is 5. The number of hydrogen-bond donors (Lipinski definition) is 0. The topological polar surface area (TPSA) is 38.1 Å². The molecule has 1 unspecified atom stereocenters. The standard InChI is InChI=1S/C19H25N3O/c1-16-10-11-19(23)22(20-16)18(17-8-4-2-5-9-17)12-15-21-13-6-3-7-14-21/h2,4-5,8-11,18H,3,6-7,12-15H2,1H3. The summed E-state index contributed by atoms with van der Waals surface area (Å²) in [6, 6.07) is 13.7. The molecule has 0 bridgehead atoms. The second-order valence-corrected chi connectivity index (χ2v) is 6.37. The van der Waals surface area contributed by atoms with E-state index >= 15 is 0 Å². The van der Waals surface area contributed by atoms with Crippen LogP contribution in [0.3, 0.4) is 0 Å². The van der Waals surface area contributed by atoms with Crippen LogP contribution in [0.4, 0.5) is 0 Å². The molecule has 1 atom stereocenters. The maximum absolute atomic E-state index is 12.3. The molecule has 0 amide bonds. The zero-order valence-electron chi connectivity index (χ0n) is 13.8. The third-order valence-corrected chi connectivity index (χ3v) is 4.61. The average molecular weight is 311 g/mol. The quantitative estimate of drug-likeness (QED) is 0.852. The van der Waals surface area contributed by atoms with E-state index in [9.17, 15) is 4.79 Å². The van der Waals surface area contributed by atoms with Gasteiger partial charge in [0.05, 0.1) is 11.7 Å². The number of nitrogens with zero attached hydrogens (tertiary/aromatic N) is 3. The van der Waals surface area contributed by atoms with Crippen molar-refractivity contribution in [3.05, 3.63) is 64.1 Å². The first-order valence-corrected chi connectivity index (χ1v) is 8.58. The fourth-order valence-electron chi connectivity index (χ4n) is 3.34. The number of likely N-dealkylation sites (tertiary alicyclic amines) is 1. The van der Waals surface area contributed by atoms with Crippen molar-refractivity contribution in [1.29, 1.82) is 0 Å². The Hall–Kier alpha value is -1.94. The lowest BCUT2D eigenvalue weighted by atomic mass is 10.0. The summed E-state index contributed by atoms with van der Waals surface area (Å²) in [6.45, 7) is 5.31. The number of hydrogen-bond acceptors (Lipinski definition) is 3. The Balaban J connectivity index is 1.84. The van der Waals surface area contributed by atoms with E-state index in [0.29, 0.717) is 0 Å². The van der Waals surface area contributed by atoms with Gasteiger partial charge in [-0.25, -0.2) is 4.68 Å². The molecule has 1 fully saturated rings. The molecule has 0 N–H and O–H groups in total. The summed E-state index contributed by atoms with van der Waals surface area (Å²) >= 11 is 0. The molecule has 0 spiro atoms. The summed E-state index contributed by atoms with van der Waals surface area (Å²) < 4.78 is 1.66. The fraction of sp³-hybridized carbons (Fsp3) is 0.474. The lowest BCUT2D eigenvalue weighted by Gasteiger charge is -2.28. The SMILES string of the molecule is Cc1ccc(=O)n(C(CCN2CCCCC2)c2ccccc2)n1. The molecule has 1 aliphatic rings. The van der Waals surface area contributed by atoms with Crippen molar-refractivity contribution >= 4 is 0 Å². The van der Waals surface area contributed by atoms with E-state index in [1.54, 1.807) is 16.8 Å². The van der Waals surface area contributed by atoms with Gasteiger partial charge >= 0.3 is 0 Å². The largest absolute Gasteiger partial charge is 0.303 e. The molecule has 1 aromatic carbocycles. The van der Waals surface area contributed by atoms with E-state index in [-0.39, 0.29) is 11.6 Å². The highest BCUT2D eigenvalue weighted by atomic mass is 16.1. The van der Waals surface area contributed by atoms with Gasteiger partial charge in [0.25, 0.3) is 5.56 Å². The van der Waals surface area contributed by atoms with Crippen molar-refractivity contribution in [3.63, 3.8) is 0 Å². The van der Waals surface area contributed by atoms with E-state index in [1.165, 1.54) is 32.4 Å². The van der Waals surface area contributed by atoms with Crippen LogP contribution in [0.5, 0.6) is 0 Å². The summed E-state index contributed by atoms with van der Waals surface area (Å²) in [7, 11) is 0. The van der Waals surface area contributed by atoms with Crippen molar-refractivity contribution < 1.29 is 0 Å². The normalized spacial score (nSPS) is 17.1. The van der Waals surface area contributed by atoms with Crippen LogP contribution in [-0.2, 0) is 0 Å². The van der Waals surface area contributed by atoms with Crippen LogP contribution in [0.1, 0.15) is 43.0 Å². The van der Waals surface area contributed by atoms with E-state index in [1.807, 2.05) is 25.1 Å². The Kier molecular flexibility index (Phi) is 5.23. The van der Waals surface area contributed by atoms with Crippen molar-refractivity contribution in [2.45, 2.75) is 38.6 Å². The third-order valence-electron chi connectivity index (χ3n) is 4.61. The van der Waals surface area contributed by atoms with E-state index in [2.05, 4.69) is 22.1 Å². The lowest BCUT2D eigenvalue weighted by Crippen LogP contribution is -2.34. The van der Waals surface area contributed by atoms with Crippen LogP contribution < -0.4 is 5.56 Å². The number of piperidine rings is 1. The average Bonchev–Trinajstić information content (AvgIpc) is 2.60. The van der Waals surface area contributed by atoms with E-state index in [4.69, 9.17) is 0 Å². The Morgan fingerprint density at radius 3 is 2.52 bits per heavy atom. The maximum atomic E-state index is 12.3. The van der Waals surface area contributed by atoms with Crippen LogP contribution >= 0.6 is 0 Å². The maximum Gasteiger partial charge on any atom is 0.267 e. The van der Waals surface area contributed by atoms with Crippen molar-refractivity contribution in [2.24, 2.45) is 0 Å². The van der Waals surface area contributed by atoms with Gasteiger partial charge in [0.2, 0.25) is 0 Å². The van der Waals surface area contributed by atoms with Gasteiger partial charge in [-0.1, -0.05) is 36.8 Å². The summed E-state index contributed by atoms with van der Waals surface area (Å²) in [6.07, 6.45) is 4.84. The first-order valence-electron chi connectivity index (χ1n) is 8.58. The highest BCUT2D eigenvalue weighted by Gasteiger charge is 2.19. The second kappa shape index (κ2) is 7.55. The molecule has 2 heterocycles. The monoisotopic (exact) mass is 311 g/mol. The van der Waals surface area contributed by atoms with Gasteiger partial charge in [-0.2, -0.15) is 5.10 Å². The smallest absolute Gasteiger partial charge is 0.267 e. The van der Waals surface area contributed by atoms with Gasteiger partial charge in [0.15, 0.2) is 0 Å². The zero-order valence-corrected chi connectivity index (χ0v) is 13.8. The molecular weight excluding hydrogens is 286 g/mol. The summed E-state index contributed by atoms with van der Waals surface area (Å²) in [5.74, 6) is 0. The Morgan fingerprint density at radius 1 is 1.04 bits per heavy atom. The molecular formula is C19H25N3O. The molecule has 0 saturated carbocycles. The minimum Gasteiger partial charge on any atom is -0.303 e. The molecule has 23 heavy (non-hydrogen) atoms. The molecule has 4 heteroatoms. The molecule has 3 rings (SSSR count). The minimum atomic E-state index is -0.0249. The first-order chi connectivity index (χ1) is 11.2. The minimum absolute atomic E-state index is 0.00512. The predicted octanol–water partition coefficient (Wildman–Crippen LogP) is 3.02. The first kappa shape index (κ1) is 15.9. The predicted molar refractivity (Wildman–Crippen MR) is 92.7 cm³/mol. The second-order valence-electron chi connectivity index (χ2n) is 6.37. The molecule has 0 aliphatic carbocycles. The van der Waals surface area contributed by atoms with Gasteiger partial charge < -0.3 is 4.90 Å². The molecule has 122 valence electrons. The highest BCUT2D eigenvalue weighted by molar-refractivity contribution is 5.20. The van der Waals surface area contributed by atoms with Crippen LogP contribution in [0, 0.1) is 6.92 Å². The Morgan fingerprint density at radius 2 is 1.78 bits per heavy atom. The van der Waals surface area contributed by atoms with Crippen molar-refractivity contribution in [2.75, 3.05) is 19.6 Å². The van der Waals surface area contributed by atoms with E-state index < -0.39 is 0 Å². The van der Waals surface area contributed by atoms with Crippen LogP contribution in [0.2, 0.25) is 0 Å². The fourth-order valence-corrected chi connectivity index (χ4v) is 3.34. The summed E-state index contributed by atoms with van der Waals surface area (Å²) in [5.41, 5.74) is 2.01. The van der Waals surface area contributed by atoms with Crippen molar-refractivity contribution in [3.8, 4) is 0 Å². The zero-order chi connectivity index (χ0) is 16.1. The van der Waals surface area contributed by atoms with Gasteiger partial charge in [0.1, 0.15) is 0 Å². The van der Waals surface area contributed by atoms with Gasteiger partial charge in [0, 0.05) is 12.6 Å². The van der Waals surface area contributed by atoms with Gasteiger partial charge in [-0.15, -0.1) is 0 Å². The summed E-state index contributed by atoms with van der Waals surface area (Å²) in [5, 5.41) is 4.50. The molecule has 4 nitrogen and oxygen atoms in total. The molecule has 1 aliphatic heterocycles. The van der Waals surface area contributed by atoms with Gasteiger partial charge in [-0.3, -0.25) is 4.79 Å². The molecule has 2 aromatic rings. The third kappa shape index (κ3) is 4.08. The number of aryl methyl sites for hydroxylation is 1. The highest BCUT2D eigenvalue weighted by Crippen LogP contribution is 2.21. The Bertz CT molecular complexity index is 675.